The lowest BCUT2D eigenvalue weighted by molar-refractivity contribution is 0.394. The van der Waals surface area contributed by atoms with Crippen molar-refractivity contribution in [2.45, 2.75) is 0 Å². The Morgan fingerprint density at radius 2 is 1.50 bits per heavy atom. The van der Waals surface area contributed by atoms with Gasteiger partial charge in [0.2, 0.25) is 0 Å². The Morgan fingerprint density at radius 1 is 0.818 bits per heavy atom. The molecule has 3 nitrogen and oxygen atoms in total. The van der Waals surface area contributed by atoms with Gasteiger partial charge in [0.05, 0.1) is 19.2 Å². The van der Waals surface area contributed by atoms with E-state index in [1.54, 1.807) is 20.4 Å². The zero-order valence-electron chi connectivity index (χ0n) is 12.1. The summed E-state index contributed by atoms with van der Waals surface area (Å²) in [6.07, 6.45) is 1.56. The topological polar surface area (TPSA) is 31.4 Å². The molecule has 0 fully saturated rings. The fraction of sp³-hybridized carbons (Fsp3) is 0.118. The summed E-state index contributed by atoms with van der Waals surface area (Å²) in [5.41, 5.74) is 1.95. The molecule has 3 rings (SSSR count). The molecule has 1 aromatic heterocycles. The molecule has 0 saturated carbocycles. The molecule has 0 spiro atoms. The predicted molar refractivity (Wildman–Crippen MR) is 90.3 cm³/mol. The van der Waals surface area contributed by atoms with Gasteiger partial charge < -0.3 is 9.47 Å². The maximum absolute atomic E-state index is 6.19. The van der Waals surface area contributed by atoms with E-state index in [0.717, 1.165) is 33.4 Å². The van der Waals surface area contributed by atoms with Crippen LogP contribution < -0.4 is 9.47 Å². The molecule has 0 unspecified atom stereocenters. The van der Waals surface area contributed by atoms with Crippen molar-refractivity contribution in [1.82, 2.24) is 4.98 Å². The van der Waals surface area contributed by atoms with Crippen LogP contribution in [0.1, 0.15) is 0 Å². The number of fused-ring (bicyclic) bond motifs is 1. The molecule has 22 heavy (non-hydrogen) atoms. The van der Waals surface area contributed by atoms with Crippen LogP contribution in [-0.4, -0.2) is 19.2 Å². The quantitative estimate of drug-likeness (QED) is 0.615. The predicted octanol–water partition coefficient (Wildman–Crippen LogP) is 5.23. The summed E-state index contributed by atoms with van der Waals surface area (Å²) >= 11 is 12.3. The first-order valence-electron chi connectivity index (χ1n) is 6.59. The van der Waals surface area contributed by atoms with Crippen molar-refractivity contribution in [2.75, 3.05) is 14.2 Å². The van der Waals surface area contributed by atoms with Crippen LogP contribution in [0, 0.1) is 0 Å². The molecule has 0 aliphatic heterocycles. The van der Waals surface area contributed by atoms with E-state index in [0.29, 0.717) is 10.2 Å². The number of hydrogen-bond donors (Lipinski definition) is 0. The summed E-state index contributed by atoms with van der Waals surface area (Å²) in [7, 11) is 3.25. The van der Waals surface area contributed by atoms with Crippen molar-refractivity contribution >= 4 is 34.0 Å². The van der Waals surface area contributed by atoms with E-state index in [-0.39, 0.29) is 0 Å². The molecule has 0 N–H and O–H groups in total. The first kappa shape index (κ1) is 14.9. The molecule has 3 aromatic rings. The third-order valence-corrected chi connectivity index (χ3v) is 4.08. The molecule has 112 valence electrons. The van der Waals surface area contributed by atoms with E-state index in [9.17, 15) is 0 Å². The molecular weight excluding hydrogens is 321 g/mol. The third-order valence-electron chi connectivity index (χ3n) is 3.48. The van der Waals surface area contributed by atoms with Gasteiger partial charge in [-0.05, 0) is 29.3 Å². The molecule has 0 aliphatic carbocycles. The second kappa shape index (κ2) is 6.03. The van der Waals surface area contributed by atoms with Gasteiger partial charge in [-0.15, -0.1) is 0 Å². The minimum absolute atomic E-state index is 0.427. The number of pyridine rings is 1. The standard InChI is InChI=1S/C17H13Cl2NO2/c1-21-12-5-11(6-13(8-12)22-2)10-3-4-14-15(7-10)17(19)20-9-16(14)18/h3-9H,1-2H3. The molecule has 0 bridgehead atoms. The minimum Gasteiger partial charge on any atom is -0.497 e. The highest BCUT2D eigenvalue weighted by atomic mass is 35.5. The van der Waals surface area contributed by atoms with E-state index in [2.05, 4.69) is 4.98 Å². The largest absolute Gasteiger partial charge is 0.497 e. The lowest BCUT2D eigenvalue weighted by Gasteiger charge is -2.10. The average Bonchev–Trinajstić information content (AvgIpc) is 2.57. The van der Waals surface area contributed by atoms with Crippen LogP contribution in [0.25, 0.3) is 21.9 Å². The van der Waals surface area contributed by atoms with E-state index in [4.69, 9.17) is 32.7 Å². The van der Waals surface area contributed by atoms with Gasteiger partial charge in [0.15, 0.2) is 0 Å². The van der Waals surface area contributed by atoms with Gasteiger partial charge in [0.1, 0.15) is 16.7 Å². The van der Waals surface area contributed by atoms with E-state index < -0.39 is 0 Å². The van der Waals surface area contributed by atoms with Crippen LogP contribution in [-0.2, 0) is 0 Å². The first-order valence-corrected chi connectivity index (χ1v) is 7.35. The fourth-order valence-corrected chi connectivity index (χ4v) is 2.75. The van der Waals surface area contributed by atoms with Gasteiger partial charge in [0.25, 0.3) is 0 Å². The molecule has 0 saturated heterocycles. The number of halogens is 2. The van der Waals surface area contributed by atoms with Crippen molar-refractivity contribution < 1.29 is 9.47 Å². The molecule has 1 heterocycles. The minimum atomic E-state index is 0.427. The van der Waals surface area contributed by atoms with Crippen LogP contribution in [0.5, 0.6) is 11.5 Å². The Labute approximate surface area is 138 Å². The Bertz CT molecular complexity index is 827. The molecule has 2 aromatic carbocycles. The van der Waals surface area contributed by atoms with Crippen molar-refractivity contribution in [3.05, 3.63) is 52.8 Å². The lowest BCUT2D eigenvalue weighted by Crippen LogP contribution is -1.89. The number of aromatic nitrogens is 1. The average molecular weight is 334 g/mol. The van der Waals surface area contributed by atoms with Gasteiger partial charge in [-0.1, -0.05) is 35.3 Å². The van der Waals surface area contributed by atoms with Crippen molar-refractivity contribution in [3.8, 4) is 22.6 Å². The second-order valence-corrected chi connectivity index (χ2v) is 5.52. The monoisotopic (exact) mass is 333 g/mol. The van der Waals surface area contributed by atoms with Crippen molar-refractivity contribution in [2.24, 2.45) is 0 Å². The van der Waals surface area contributed by atoms with E-state index in [1.807, 2.05) is 36.4 Å². The van der Waals surface area contributed by atoms with Crippen LogP contribution >= 0.6 is 23.2 Å². The zero-order chi connectivity index (χ0) is 15.7. The Morgan fingerprint density at radius 3 is 2.14 bits per heavy atom. The maximum atomic E-state index is 6.19. The summed E-state index contributed by atoms with van der Waals surface area (Å²) in [5.74, 6) is 1.45. The van der Waals surface area contributed by atoms with Crippen molar-refractivity contribution in [1.29, 1.82) is 0 Å². The van der Waals surface area contributed by atoms with E-state index >= 15 is 0 Å². The first-order chi connectivity index (χ1) is 10.6. The van der Waals surface area contributed by atoms with Crippen LogP contribution in [0.3, 0.4) is 0 Å². The lowest BCUT2D eigenvalue weighted by atomic mass is 10.0. The van der Waals surface area contributed by atoms with Crippen LogP contribution in [0.15, 0.2) is 42.6 Å². The summed E-state index contributed by atoms with van der Waals surface area (Å²) in [6.45, 7) is 0. The molecule has 5 heteroatoms. The zero-order valence-corrected chi connectivity index (χ0v) is 13.6. The number of methoxy groups -OCH3 is 2. The van der Waals surface area contributed by atoms with Crippen LogP contribution in [0.4, 0.5) is 0 Å². The highest BCUT2D eigenvalue weighted by Crippen LogP contribution is 2.34. The molecule has 0 amide bonds. The third kappa shape index (κ3) is 2.70. The summed E-state index contributed by atoms with van der Waals surface area (Å²) in [4.78, 5) is 4.09. The number of ether oxygens (including phenoxy) is 2. The van der Waals surface area contributed by atoms with Gasteiger partial charge in [-0.25, -0.2) is 4.98 Å². The second-order valence-electron chi connectivity index (χ2n) is 4.76. The number of benzene rings is 2. The summed E-state index contributed by atoms with van der Waals surface area (Å²) < 4.78 is 10.6. The highest BCUT2D eigenvalue weighted by molar-refractivity contribution is 6.39. The maximum Gasteiger partial charge on any atom is 0.136 e. The molecule has 0 aliphatic rings. The molecular formula is C17H13Cl2NO2. The number of hydrogen-bond acceptors (Lipinski definition) is 3. The van der Waals surface area contributed by atoms with E-state index in [1.165, 1.54) is 0 Å². The SMILES string of the molecule is COc1cc(OC)cc(-c2ccc3c(Cl)cnc(Cl)c3c2)c1. The van der Waals surface area contributed by atoms with Crippen LogP contribution in [0.2, 0.25) is 10.2 Å². The van der Waals surface area contributed by atoms with Gasteiger partial charge in [-0.2, -0.15) is 0 Å². The number of rotatable bonds is 3. The summed E-state index contributed by atoms with van der Waals surface area (Å²) in [6, 6.07) is 11.6. The van der Waals surface area contributed by atoms with Gasteiger partial charge >= 0.3 is 0 Å². The van der Waals surface area contributed by atoms with Gasteiger partial charge in [0, 0.05) is 23.0 Å². The smallest absolute Gasteiger partial charge is 0.136 e. The Kier molecular flexibility index (Phi) is 4.10. The summed E-state index contributed by atoms with van der Waals surface area (Å²) in [5, 5.41) is 2.69. The molecule has 0 radical (unpaired) electrons. The van der Waals surface area contributed by atoms with Gasteiger partial charge in [-0.3, -0.25) is 0 Å². The van der Waals surface area contributed by atoms with Crippen molar-refractivity contribution in [3.63, 3.8) is 0 Å². The molecule has 0 atom stereocenters. The number of nitrogens with zero attached hydrogens (tertiary/aromatic N) is 1. The fourth-order valence-electron chi connectivity index (χ4n) is 2.33. The Hall–Kier alpha value is -1.97. The Balaban J connectivity index is 2.20. The highest BCUT2D eigenvalue weighted by Gasteiger charge is 2.09. The normalized spacial score (nSPS) is 10.7.